The van der Waals surface area contributed by atoms with E-state index in [9.17, 15) is 19.5 Å². The van der Waals surface area contributed by atoms with Gasteiger partial charge in [0.25, 0.3) is 0 Å². The van der Waals surface area contributed by atoms with Crippen molar-refractivity contribution in [3.63, 3.8) is 0 Å². The fraction of sp³-hybridized carbons (Fsp3) is 0.810. The van der Waals surface area contributed by atoms with Gasteiger partial charge in [0, 0.05) is 66.0 Å². The Morgan fingerprint density at radius 3 is 1.90 bits per heavy atom. The molecule has 1 fully saturated rings. The molecule has 0 spiro atoms. The summed E-state index contributed by atoms with van der Waals surface area (Å²) < 4.78 is 0. The van der Waals surface area contributed by atoms with Crippen molar-refractivity contribution < 1.29 is 19.5 Å². The molecule has 1 atom stereocenters. The Hall–Kier alpha value is -1.75. The van der Waals surface area contributed by atoms with Crippen LogP contribution in [0.15, 0.2) is 0 Å². The third-order valence-electron chi connectivity index (χ3n) is 5.46. The van der Waals surface area contributed by atoms with Crippen LogP contribution in [0.5, 0.6) is 0 Å². The zero-order valence-electron chi connectivity index (χ0n) is 19.3. The molecule has 0 saturated carbocycles. The molecule has 0 aromatic heterocycles. The van der Waals surface area contributed by atoms with Gasteiger partial charge in [-0.1, -0.05) is 13.8 Å². The maximum atomic E-state index is 12.6. The lowest BCUT2D eigenvalue weighted by molar-refractivity contribution is -0.138. The van der Waals surface area contributed by atoms with Gasteiger partial charge in [0.2, 0.25) is 11.8 Å². The lowest BCUT2D eigenvalue weighted by atomic mass is 10.2. The van der Waals surface area contributed by atoms with Crippen LogP contribution >= 0.6 is 0 Å². The van der Waals surface area contributed by atoms with Crippen molar-refractivity contribution in [1.82, 2.24) is 30.2 Å². The Balaban J connectivity index is 2.79. The number of amides is 2. The normalized spacial score (nSPS) is 19.7. The first kappa shape index (κ1) is 27.3. The third-order valence-corrected chi connectivity index (χ3v) is 5.46. The number of carbonyl (C=O) groups excluding carboxylic acids is 2. The van der Waals surface area contributed by atoms with Gasteiger partial charge >= 0.3 is 5.97 Å². The SMILES string of the molecule is [CH]N1CCN(CC)CCN(CC(=O)NC(CC)C(=O)NCC)CCN(CC(=O)O)CC1. The number of nitrogens with zero attached hydrogens (tertiary/aromatic N) is 4. The van der Waals surface area contributed by atoms with E-state index in [0.717, 1.165) is 19.6 Å². The predicted molar refractivity (Wildman–Crippen MR) is 119 cm³/mol. The maximum absolute atomic E-state index is 12.6. The molecule has 31 heavy (non-hydrogen) atoms. The first-order valence-electron chi connectivity index (χ1n) is 11.2. The monoisotopic (exact) mass is 440 g/mol. The van der Waals surface area contributed by atoms with E-state index in [0.29, 0.717) is 52.2 Å². The number of carbonyl (C=O) groups is 3. The second kappa shape index (κ2) is 15.1. The highest BCUT2D eigenvalue weighted by atomic mass is 16.4. The highest BCUT2D eigenvalue weighted by molar-refractivity contribution is 5.88. The van der Waals surface area contributed by atoms with Crippen molar-refractivity contribution in [2.24, 2.45) is 0 Å². The summed E-state index contributed by atoms with van der Waals surface area (Å²) in [6.45, 7) is 12.5. The van der Waals surface area contributed by atoms with Crippen LogP contribution in [0.4, 0.5) is 0 Å². The maximum Gasteiger partial charge on any atom is 0.317 e. The van der Waals surface area contributed by atoms with Gasteiger partial charge in [0.15, 0.2) is 0 Å². The molecule has 1 unspecified atom stereocenters. The van der Waals surface area contributed by atoms with E-state index in [4.69, 9.17) is 7.05 Å². The Morgan fingerprint density at radius 1 is 0.871 bits per heavy atom. The van der Waals surface area contributed by atoms with Crippen molar-refractivity contribution in [2.45, 2.75) is 33.2 Å². The average molecular weight is 441 g/mol. The van der Waals surface area contributed by atoms with E-state index in [2.05, 4.69) is 22.5 Å². The molecule has 0 aromatic carbocycles. The lowest BCUT2D eigenvalue weighted by Gasteiger charge is -2.32. The Morgan fingerprint density at radius 2 is 1.39 bits per heavy atom. The van der Waals surface area contributed by atoms with Gasteiger partial charge in [0.05, 0.1) is 13.1 Å². The Labute approximate surface area is 186 Å². The minimum Gasteiger partial charge on any atom is -0.480 e. The summed E-state index contributed by atoms with van der Waals surface area (Å²) in [6, 6.07) is -0.550. The first-order chi connectivity index (χ1) is 14.8. The fourth-order valence-corrected chi connectivity index (χ4v) is 3.47. The van der Waals surface area contributed by atoms with Crippen LogP contribution in [-0.4, -0.2) is 127 Å². The molecule has 2 radical (unpaired) electrons. The minimum absolute atomic E-state index is 0.0654. The number of rotatable bonds is 9. The number of carboxylic acids is 1. The molecule has 10 heteroatoms. The third kappa shape index (κ3) is 11.4. The van der Waals surface area contributed by atoms with Gasteiger partial charge < -0.3 is 20.6 Å². The predicted octanol–water partition coefficient (Wildman–Crippen LogP) is -0.988. The van der Waals surface area contributed by atoms with E-state index in [1.807, 2.05) is 23.6 Å². The molecular formula is C21H40N6O4. The topological polar surface area (TPSA) is 108 Å². The lowest BCUT2D eigenvalue weighted by Crippen LogP contribution is -2.51. The zero-order chi connectivity index (χ0) is 23.2. The van der Waals surface area contributed by atoms with Crippen molar-refractivity contribution in [2.75, 3.05) is 78.5 Å². The number of hydrogen-bond acceptors (Lipinski definition) is 7. The zero-order valence-corrected chi connectivity index (χ0v) is 19.3. The summed E-state index contributed by atoms with van der Waals surface area (Å²) in [5, 5.41) is 14.8. The molecule has 0 aromatic rings. The highest BCUT2D eigenvalue weighted by Crippen LogP contribution is 2.01. The summed E-state index contributed by atoms with van der Waals surface area (Å²) >= 11 is 0. The highest BCUT2D eigenvalue weighted by Gasteiger charge is 2.21. The van der Waals surface area contributed by atoms with E-state index < -0.39 is 12.0 Å². The van der Waals surface area contributed by atoms with E-state index >= 15 is 0 Å². The molecule has 1 aliphatic heterocycles. The van der Waals surface area contributed by atoms with Gasteiger partial charge in [-0.3, -0.25) is 29.1 Å². The van der Waals surface area contributed by atoms with E-state index in [1.165, 1.54) is 0 Å². The molecular weight excluding hydrogens is 400 g/mol. The molecule has 3 N–H and O–H groups in total. The van der Waals surface area contributed by atoms with Crippen LogP contribution in [0.25, 0.3) is 0 Å². The smallest absolute Gasteiger partial charge is 0.317 e. The summed E-state index contributed by atoms with van der Waals surface area (Å²) in [5.41, 5.74) is 0. The van der Waals surface area contributed by atoms with Crippen molar-refractivity contribution in [1.29, 1.82) is 0 Å². The fourth-order valence-electron chi connectivity index (χ4n) is 3.47. The van der Waals surface area contributed by atoms with Crippen molar-refractivity contribution >= 4 is 17.8 Å². The van der Waals surface area contributed by atoms with Crippen LogP contribution in [0.1, 0.15) is 27.2 Å². The summed E-state index contributed by atoms with van der Waals surface area (Å²) in [6.07, 6.45) is 0.517. The summed E-state index contributed by atoms with van der Waals surface area (Å²) in [4.78, 5) is 43.8. The summed E-state index contributed by atoms with van der Waals surface area (Å²) in [5.74, 6) is -1.26. The second-order valence-corrected chi connectivity index (χ2v) is 7.84. The quantitative estimate of drug-likeness (QED) is 0.420. The number of hydrogen-bond donors (Lipinski definition) is 3. The Kier molecular flexibility index (Phi) is 13.3. The Bertz CT molecular complexity index is 562. The second-order valence-electron chi connectivity index (χ2n) is 7.84. The molecule has 1 aliphatic rings. The van der Waals surface area contributed by atoms with Gasteiger partial charge in [-0.15, -0.1) is 0 Å². The minimum atomic E-state index is -0.884. The molecule has 1 rings (SSSR count). The van der Waals surface area contributed by atoms with Crippen LogP contribution in [0.2, 0.25) is 0 Å². The van der Waals surface area contributed by atoms with Crippen LogP contribution < -0.4 is 10.6 Å². The number of carboxylic acid groups (broad SMARTS) is 1. The number of aliphatic carboxylic acids is 1. The summed E-state index contributed by atoms with van der Waals surface area (Å²) in [7, 11) is 6.06. The molecule has 0 aliphatic carbocycles. The van der Waals surface area contributed by atoms with E-state index in [-0.39, 0.29) is 24.9 Å². The van der Waals surface area contributed by atoms with Crippen LogP contribution in [0, 0.1) is 7.05 Å². The molecule has 1 saturated heterocycles. The number of nitrogens with one attached hydrogen (secondary N) is 2. The molecule has 1 heterocycles. The van der Waals surface area contributed by atoms with Gasteiger partial charge in [-0.05, 0) is 19.9 Å². The molecule has 10 nitrogen and oxygen atoms in total. The number of likely N-dealkylation sites (N-methyl/N-ethyl adjacent to an activating group) is 2. The van der Waals surface area contributed by atoms with Gasteiger partial charge in [-0.2, -0.15) is 0 Å². The van der Waals surface area contributed by atoms with Gasteiger partial charge in [0.1, 0.15) is 6.04 Å². The van der Waals surface area contributed by atoms with Crippen LogP contribution in [-0.2, 0) is 14.4 Å². The van der Waals surface area contributed by atoms with E-state index in [1.54, 1.807) is 4.90 Å². The average Bonchev–Trinajstić information content (AvgIpc) is 2.72. The van der Waals surface area contributed by atoms with Crippen molar-refractivity contribution in [3.05, 3.63) is 7.05 Å². The van der Waals surface area contributed by atoms with Gasteiger partial charge in [-0.25, -0.2) is 0 Å². The van der Waals surface area contributed by atoms with Crippen molar-refractivity contribution in [3.8, 4) is 0 Å². The standard InChI is InChI=1S/C21H40N6O4/c1-5-18(21(31)22-6-2)23-19(28)16-26-13-12-25(7-3)10-8-24(4)9-11-27(15-14-26)17-20(29)30/h4,18H,5-17H2,1-3H3,(H,22,31)(H,23,28)(H,29,30). The van der Waals surface area contributed by atoms with Crippen LogP contribution in [0.3, 0.4) is 0 Å². The first-order valence-corrected chi connectivity index (χ1v) is 11.2. The molecule has 178 valence electrons. The molecule has 2 amide bonds. The molecule has 0 bridgehead atoms. The largest absolute Gasteiger partial charge is 0.480 e.